The maximum atomic E-state index is 8.67. The van der Waals surface area contributed by atoms with Crippen molar-refractivity contribution in [2.75, 3.05) is 10.9 Å². The SMILES string of the molecule is N#Cc1ccc(NNc2ccc(C#N)cc2)cc1. The molecule has 2 aromatic carbocycles. The van der Waals surface area contributed by atoms with Gasteiger partial charge in [0.2, 0.25) is 0 Å². The van der Waals surface area contributed by atoms with Crippen molar-refractivity contribution in [1.82, 2.24) is 0 Å². The van der Waals surface area contributed by atoms with Gasteiger partial charge in [0, 0.05) is 0 Å². The predicted octanol–water partition coefficient (Wildman–Crippen LogP) is 2.87. The van der Waals surface area contributed by atoms with Crippen LogP contribution in [-0.4, -0.2) is 0 Å². The van der Waals surface area contributed by atoms with Crippen molar-refractivity contribution in [2.24, 2.45) is 0 Å². The zero-order chi connectivity index (χ0) is 12.8. The van der Waals surface area contributed by atoms with Crippen LogP contribution in [0, 0.1) is 22.7 Å². The van der Waals surface area contributed by atoms with Crippen molar-refractivity contribution in [1.29, 1.82) is 10.5 Å². The first-order valence-electron chi connectivity index (χ1n) is 5.34. The van der Waals surface area contributed by atoms with Crippen molar-refractivity contribution < 1.29 is 0 Å². The molecule has 0 saturated carbocycles. The number of hydrogen-bond acceptors (Lipinski definition) is 4. The highest BCUT2D eigenvalue weighted by Gasteiger charge is 1.94. The van der Waals surface area contributed by atoms with Crippen LogP contribution in [0.15, 0.2) is 48.5 Å². The average molecular weight is 234 g/mol. The summed E-state index contributed by atoms with van der Waals surface area (Å²) in [5.41, 5.74) is 8.98. The summed E-state index contributed by atoms with van der Waals surface area (Å²) in [6.07, 6.45) is 0. The van der Waals surface area contributed by atoms with E-state index in [1.165, 1.54) is 0 Å². The first kappa shape index (κ1) is 11.5. The molecule has 0 spiro atoms. The molecular formula is C14H10N4. The van der Waals surface area contributed by atoms with E-state index >= 15 is 0 Å². The average Bonchev–Trinajstić information content (AvgIpc) is 2.46. The van der Waals surface area contributed by atoms with Gasteiger partial charge in [0.15, 0.2) is 0 Å². The largest absolute Gasteiger partial charge is 0.301 e. The van der Waals surface area contributed by atoms with E-state index in [-0.39, 0.29) is 0 Å². The Kier molecular flexibility index (Phi) is 3.44. The lowest BCUT2D eigenvalue weighted by atomic mass is 10.2. The van der Waals surface area contributed by atoms with Crippen LogP contribution in [0.4, 0.5) is 11.4 Å². The van der Waals surface area contributed by atoms with Gasteiger partial charge in [0.25, 0.3) is 0 Å². The maximum Gasteiger partial charge on any atom is 0.0991 e. The summed E-state index contributed by atoms with van der Waals surface area (Å²) in [5.74, 6) is 0. The van der Waals surface area contributed by atoms with Crippen molar-refractivity contribution in [3.63, 3.8) is 0 Å². The Labute approximate surface area is 105 Å². The minimum atomic E-state index is 0.624. The van der Waals surface area contributed by atoms with Gasteiger partial charge in [-0.15, -0.1) is 0 Å². The Morgan fingerprint density at radius 1 is 0.611 bits per heavy atom. The van der Waals surface area contributed by atoms with Crippen molar-refractivity contribution >= 4 is 11.4 Å². The molecule has 2 N–H and O–H groups in total. The molecule has 0 radical (unpaired) electrons. The van der Waals surface area contributed by atoms with Crippen LogP contribution in [-0.2, 0) is 0 Å². The Balaban J connectivity index is 1.98. The Morgan fingerprint density at radius 3 is 1.22 bits per heavy atom. The Hall–Kier alpha value is -2.98. The lowest BCUT2D eigenvalue weighted by Crippen LogP contribution is -2.08. The third-order valence-corrected chi connectivity index (χ3v) is 2.38. The summed E-state index contributed by atoms with van der Waals surface area (Å²) in [4.78, 5) is 0. The Bertz CT molecular complexity index is 543. The maximum absolute atomic E-state index is 8.67. The molecule has 86 valence electrons. The highest BCUT2D eigenvalue weighted by molar-refractivity contribution is 5.54. The van der Waals surface area contributed by atoms with Crippen molar-refractivity contribution in [3.8, 4) is 12.1 Å². The first-order valence-corrected chi connectivity index (χ1v) is 5.34. The fourth-order valence-electron chi connectivity index (χ4n) is 1.40. The van der Waals surface area contributed by atoms with Gasteiger partial charge >= 0.3 is 0 Å². The summed E-state index contributed by atoms with van der Waals surface area (Å²) >= 11 is 0. The zero-order valence-corrected chi connectivity index (χ0v) is 9.51. The van der Waals surface area contributed by atoms with E-state index in [9.17, 15) is 0 Å². The van der Waals surface area contributed by atoms with Crippen LogP contribution < -0.4 is 10.9 Å². The highest BCUT2D eigenvalue weighted by Crippen LogP contribution is 2.12. The van der Waals surface area contributed by atoms with E-state index in [0.29, 0.717) is 11.1 Å². The van der Waals surface area contributed by atoms with Crippen LogP contribution in [0.1, 0.15) is 11.1 Å². The highest BCUT2D eigenvalue weighted by atomic mass is 15.4. The molecule has 0 aliphatic carbocycles. The molecule has 0 amide bonds. The lowest BCUT2D eigenvalue weighted by Gasteiger charge is -2.09. The third-order valence-electron chi connectivity index (χ3n) is 2.38. The minimum Gasteiger partial charge on any atom is -0.301 e. The lowest BCUT2D eigenvalue weighted by molar-refractivity contribution is 1.40. The summed E-state index contributed by atoms with van der Waals surface area (Å²) in [5, 5.41) is 17.3. The molecule has 0 fully saturated rings. The summed E-state index contributed by atoms with van der Waals surface area (Å²) in [6, 6.07) is 18.3. The van der Waals surface area contributed by atoms with Gasteiger partial charge in [0.1, 0.15) is 0 Å². The molecule has 0 aliphatic rings. The topological polar surface area (TPSA) is 71.6 Å². The summed E-state index contributed by atoms with van der Waals surface area (Å²) < 4.78 is 0. The molecule has 4 heteroatoms. The van der Waals surface area contributed by atoms with Gasteiger partial charge in [0.05, 0.1) is 34.6 Å². The van der Waals surface area contributed by atoms with Gasteiger partial charge < -0.3 is 10.9 Å². The molecule has 0 saturated heterocycles. The normalized spacial score (nSPS) is 9.00. The van der Waals surface area contributed by atoms with Crippen LogP contribution in [0.3, 0.4) is 0 Å². The number of hydrogen-bond donors (Lipinski definition) is 2. The van der Waals surface area contributed by atoms with Gasteiger partial charge in [-0.2, -0.15) is 10.5 Å². The number of benzene rings is 2. The van der Waals surface area contributed by atoms with Crippen LogP contribution in [0.5, 0.6) is 0 Å². The van der Waals surface area contributed by atoms with Crippen LogP contribution >= 0.6 is 0 Å². The number of hydrazine groups is 1. The van der Waals surface area contributed by atoms with E-state index in [4.69, 9.17) is 10.5 Å². The second-order valence-corrected chi connectivity index (χ2v) is 3.63. The third kappa shape index (κ3) is 2.78. The number of anilines is 2. The summed E-state index contributed by atoms with van der Waals surface area (Å²) in [6.45, 7) is 0. The smallest absolute Gasteiger partial charge is 0.0991 e. The number of nitrogens with zero attached hydrogens (tertiary/aromatic N) is 2. The number of nitrogens with one attached hydrogen (secondary N) is 2. The van der Waals surface area contributed by atoms with Crippen molar-refractivity contribution in [3.05, 3.63) is 59.7 Å². The van der Waals surface area contributed by atoms with Gasteiger partial charge in [-0.3, -0.25) is 0 Å². The molecule has 2 rings (SSSR count). The van der Waals surface area contributed by atoms with Crippen LogP contribution in [0.2, 0.25) is 0 Å². The van der Waals surface area contributed by atoms with E-state index in [1.807, 2.05) is 24.3 Å². The Morgan fingerprint density at radius 2 is 0.944 bits per heavy atom. The number of nitriles is 2. The second-order valence-electron chi connectivity index (χ2n) is 3.63. The van der Waals surface area contributed by atoms with Crippen molar-refractivity contribution in [2.45, 2.75) is 0 Å². The minimum absolute atomic E-state index is 0.624. The van der Waals surface area contributed by atoms with Gasteiger partial charge in [-0.05, 0) is 48.5 Å². The fraction of sp³-hybridized carbons (Fsp3) is 0. The molecule has 0 heterocycles. The van der Waals surface area contributed by atoms with Gasteiger partial charge in [-0.25, -0.2) is 0 Å². The molecule has 4 nitrogen and oxygen atoms in total. The predicted molar refractivity (Wildman–Crippen MR) is 69.6 cm³/mol. The van der Waals surface area contributed by atoms with E-state index in [1.54, 1.807) is 24.3 Å². The van der Waals surface area contributed by atoms with E-state index in [0.717, 1.165) is 11.4 Å². The molecule has 0 aromatic heterocycles. The molecule has 0 atom stereocenters. The quantitative estimate of drug-likeness (QED) is 0.801. The fourth-order valence-corrected chi connectivity index (χ4v) is 1.40. The molecule has 18 heavy (non-hydrogen) atoms. The second kappa shape index (κ2) is 5.38. The molecular weight excluding hydrogens is 224 g/mol. The van der Waals surface area contributed by atoms with Crippen LogP contribution in [0.25, 0.3) is 0 Å². The number of rotatable bonds is 3. The van der Waals surface area contributed by atoms with E-state index in [2.05, 4.69) is 23.0 Å². The zero-order valence-electron chi connectivity index (χ0n) is 9.51. The first-order chi connectivity index (χ1) is 8.81. The van der Waals surface area contributed by atoms with Gasteiger partial charge in [-0.1, -0.05) is 0 Å². The van der Waals surface area contributed by atoms with E-state index < -0.39 is 0 Å². The monoisotopic (exact) mass is 234 g/mol. The molecule has 0 bridgehead atoms. The summed E-state index contributed by atoms with van der Waals surface area (Å²) in [7, 11) is 0. The molecule has 2 aromatic rings. The standard InChI is InChI=1S/C14H10N4/c15-9-11-1-5-13(6-2-11)17-18-14-7-3-12(10-16)4-8-14/h1-8,17-18H. The molecule has 0 unspecified atom stereocenters. The molecule has 0 aliphatic heterocycles.